The molecule has 0 saturated heterocycles. The van der Waals surface area contributed by atoms with Crippen molar-refractivity contribution < 1.29 is 4.74 Å². The van der Waals surface area contributed by atoms with E-state index >= 15 is 0 Å². The molecule has 0 N–H and O–H groups in total. The molecule has 136 valence electrons. The Balaban J connectivity index is 0.000000758. The van der Waals surface area contributed by atoms with Crippen LogP contribution in [0, 0.1) is 6.92 Å². The summed E-state index contributed by atoms with van der Waals surface area (Å²) in [6.45, 7) is 14.3. The van der Waals surface area contributed by atoms with Crippen molar-refractivity contribution in [3.05, 3.63) is 84.2 Å². The van der Waals surface area contributed by atoms with Crippen LogP contribution in [-0.4, -0.2) is 16.7 Å². The summed E-state index contributed by atoms with van der Waals surface area (Å²) >= 11 is 0. The van der Waals surface area contributed by atoms with Gasteiger partial charge in [0.05, 0.1) is 18.0 Å². The minimum absolute atomic E-state index is 0.680. The summed E-state index contributed by atoms with van der Waals surface area (Å²) in [5.74, 6) is 0.680. The maximum absolute atomic E-state index is 5.39. The maximum Gasteiger partial charge on any atom is 0.222 e. The summed E-state index contributed by atoms with van der Waals surface area (Å²) in [5.41, 5.74) is 6.20. The fraction of sp³-hybridized carbons (Fsp3) is 0.261. The van der Waals surface area contributed by atoms with Crippen molar-refractivity contribution in [2.45, 2.75) is 33.7 Å². The molecule has 2 aromatic heterocycles. The smallest absolute Gasteiger partial charge is 0.222 e. The lowest BCUT2D eigenvalue weighted by atomic mass is 10.0. The van der Waals surface area contributed by atoms with Gasteiger partial charge in [0.1, 0.15) is 0 Å². The highest BCUT2D eigenvalue weighted by molar-refractivity contribution is 5.85. The third-order valence-corrected chi connectivity index (χ3v) is 4.13. The predicted molar refractivity (Wildman–Crippen MR) is 111 cm³/mol. The Morgan fingerprint density at radius 1 is 1.23 bits per heavy atom. The van der Waals surface area contributed by atoms with Crippen LogP contribution in [0.25, 0.3) is 10.9 Å². The zero-order valence-electron chi connectivity index (χ0n) is 16.2. The van der Waals surface area contributed by atoms with Crippen molar-refractivity contribution >= 4 is 10.9 Å². The van der Waals surface area contributed by atoms with Crippen molar-refractivity contribution in [3.8, 4) is 5.88 Å². The van der Waals surface area contributed by atoms with Crippen LogP contribution in [0.3, 0.4) is 0 Å². The summed E-state index contributed by atoms with van der Waals surface area (Å²) in [7, 11) is 1.66. The Hall–Kier alpha value is -2.81. The first-order chi connectivity index (χ1) is 12.5. The lowest BCUT2D eigenvalue weighted by molar-refractivity contribution is 0.403. The van der Waals surface area contributed by atoms with Crippen LogP contribution in [0.1, 0.15) is 30.7 Å². The molecular formula is C23H28N2O. The van der Waals surface area contributed by atoms with E-state index in [0.29, 0.717) is 5.88 Å². The van der Waals surface area contributed by atoms with Gasteiger partial charge in [0, 0.05) is 18.4 Å². The van der Waals surface area contributed by atoms with E-state index in [-0.39, 0.29) is 0 Å². The zero-order valence-corrected chi connectivity index (χ0v) is 16.2. The first-order valence-corrected chi connectivity index (χ1v) is 8.78. The van der Waals surface area contributed by atoms with E-state index < -0.39 is 0 Å². The number of pyridine rings is 1. The molecule has 0 bridgehead atoms. The minimum atomic E-state index is 0.680. The minimum Gasteiger partial charge on any atom is -0.481 e. The third kappa shape index (κ3) is 4.42. The number of hydrogen-bond acceptors (Lipinski definition) is 2. The van der Waals surface area contributed by atoms with E-state index in [0.717, 1.165) is 23.9 Å². The number of fused-ring (bicyclic) bond motifs is 1. The van der Waals surface area contributed by atoms with Crippen molar-refractivity contribution in [1.82, 2.24) is 9.55 Å². The molecule has 3 rings (SSSR count). The highest BCUT2D eigenvalue weighted by atomic mass is 16.5. The van der Waals surface area contributed by atoms with E-state index in [4.69, 9.17) is 4.74 Å². The van der Waals surface area contributed by atoms with Crippen LogP contribution in [0.2, 0.25) is 0 Å². The number of benzene rings is 1. The molecule has 0 aliphatic heterocycles. The monoisotopic (exact) mass is 348 g/mol. The summed E-state index contributed by atoms with van der Waals surface area (Å²) < 4.78 is 7.70. The number of hydrogen-bond donors (Lipinski definition) is 0. The lowest BCUT2D eigenvalue weighted by Crippen LogP contribution is -2.05. The van der Waals surface area contributed by atoms with Crippen molar-refractivity contribution in [2.75, 3.05) is 7.11 Å². The first-order valence-electron chi connectivity index (χ1n) is 8.78. The SMILES string of the molecule is C=C(C)Cc1ccccc1Cn1c(C)cc2c(OC)nccc21.C=CC. The molecule has 0 radical (unpaired) electrons. The van der Waals surface area contributed by atoms with E-state index in [1.54, 1.807) is 19.4 Å². The van der Waals surface area contributed by atoms with Crippen LogP contribution in [0.5, 0.6) is 5.88 Å². The van der Waals surface area contributed by atoms with E-state index in [2.05, 4.69) is 66.9 Å². The molecule has 0 saturated carbocycles. The predicted octanol–water partition coefficient (Wildman–Crippen LogP) is 5.71. The number of nitrogens with zero attached hydrogens (tertiary/aromatic N) is 2. The number of rotatable bonds is 5. The molecule has 3 heteroatoms. The number of methoxy groups -OCH3 is 1. The van der Waals surface area contributed by atoms with Gasteiger partial charge < -0.3 is 9.30 Å². The van der Waals surface area contributed by atoms with Gasteiger partial charge in [-0.25, -0.2) is 4.98 Å². The molecule has 0 aliphatic rings. The largest absolute Gasteiger partial charge is 0.481 e. The zero-order chi connectivity index (χ0) is 19.1. The standard InChI is InChI=1S/C20H22N2O.C3H6/c1-14(2)11-16-7-5-6-8-17(16)13-22-15(3)12-18-19(22)9-10-21-20(18)23-4;1-3-2/h5-10,12H,1,11,13H2,2-4H3;3H,1H2,2H3. The first kappa shape index (κ1) is 19.5. The summed E-state index contributed by atoms with van der Waals surface area (Å²) in [6.07, 6.45) is 4.47. The highest BCUT2D eigenvalue weighted by Crippen LogP contribution is 2.27. The molecule has 0 aliphatic carbocycles. The lowest BCUT2D eigenvalue weighted by Gasteiger charge is -2.13. The van der Waals surface area contributed by atoms with Crippen LogP contribution in [0.15, 0.2) is 67.4 Å². The number of aryl methyl sites for hydroxylation is 1. The Labute approximate surface area is 156 Å². The molecule has 0 fully saturated rings. The molecule has 3 aromatic rings. The van der Waals surface area contributed by atoms with E-state index in [1.807, 2.05) is 13.0 Å². The molecular weight excluding hydrogens is 320 g/mol. The molecule has 0 amide bonds. The Bertz CT molecular complexity index is 906. The molecule has 2 heterocycles. The van der Waals surface area contributed by atoms with Gasteiger partial charge in [-0.1, -0.05) is 42.5 Å². The van der Waals surface area contributed by atoms with Crippen molar-refractivity contribution in [2.24, 2.45) is 0 Å². The van der Waals surface area contributed by atoms with E-state index in [1.165, 1.54) is 22.4 Å². The quantitative estimate of drug-likeness (QED) is 0.552. The van der Waals surface area contributed by atoms with Gasteiger partial charge in [0.15, 0.2) is 0 Å². The average molecular weight is 348 g/mol. The number of aromatic nitrogens is 2. The second-order valence-corrected chi connectivity index (χ2v) is 6.44. The van der Waals surface area contributed by atoms with Gasteiger partial charge in [0.25, 0.3) is 0 Å². The second kappa shape index (κ2) is 9.04. The Morgan fingerprint density at radius 3 is 2.50 bits per heavy atom. The maximum atomic E-state index is 5.39. The van der Waals surface area contributed by atoms with Gasteiger partial charge >= 0.3 is 0 Å². The van der Waals surface area contributed by atoms with Crippen LogP contribution < -0.4 is 4.74 Å². The Morgan fingerprint density at radius 2 is 1.88 bits per heavy atom. The second-order valence-electron chi connectivity index (χ2n) is 6.44. The van der Waals surface area contributed by atoms with E-state index in [9.17, 15) is 0 Å². The molecule has 3 nitrogen and oxygen atoms in total. The summed E-state index contributed by atoms with van der Waals surface area (Å²) in [4.78, 5) is 4.30. The fourth-order valence-corrected chi connectivity index (χ4v) is 3.04. The number of ether oxygens (including phenoxy) is 1. The van der Waals surface area contributed by atoms with Crippen molar-refractivity contribution in [1.29, 1.82) is 0 Å². The Kier molecular flexibility index (Phi) is 6.79. The fourth-order valence-electron chi connectivity index (χ4n) is 3.04. The number of allylic oxidation sites excluding steroid dienone is 2. The van der Waals surface area contributed by atoms with Crippen LogP contribution in [0.4, 0.5) is 0 Å². The van der Waals surface area contributed by atoms with Gasteiger partial charge in [-0.2, -0.15) is 0 Å². The summed E-state index contributed by atoms with van der Waals surface area (Å²) in [6, 6.07) is 12.8. The molecule has 0 atom stereocenters. The van der Waals surface area contributed by atoms with Gasteiger partial charge in [-0.05, 0) is 50.5 Å². The summed E-state index contributed by atoms with van der Waals surface area (Å²) in [5, 5.41) is 1.06. The molecule has 1 aromatic carbocycles. The van der Waals surface area contributed by atoms with Gasteiger partial charge in [0.2, 0.25) is 5.88 Å². The topological polar surface area (TPSA) is 27.1 Å². The molecule has 0 unspecified atom stereocenters. The van der Waals surface area contributed by atoms with Crippen LogP contribution >= 0.6 is 0 Å². The highest BCUT2D eigenvalue weighted by Gasteiger charge is 2.12. The van der Waals surface area contributed by atoms with Gasteiger partial charge in [-0.3, -0.25) is 0 Å². The van der Waals surface area contributed by atoms with Crippen LogP contribution in [-0.2, 0) is 13.0 Å². The normalized spacial score (nSPS) is 10.2. The van der Waals surface area contributed by atoms with Crippen molar-refractivity contribution in [3.63, 3.8) is 0 Å². The average Bonchev–Trinajstić information content (AvgIpc) is 2.92. The third-order valence-electron chi connectivity index (χ3n) is 4.13. The molecule has 0 spiro atoms. The van der Waals surface area contributed by atoms with Gasteiger partial charge in [-0.15, -0.1) is 6.58 Å². The molecule has 26 heavy (non-hydrogen) atoms.